The van der Waals surface area contributed by atoms with E-state index >= 15 is 0 Å². The lowest BCUT2D eigenvalue weighted by molar-refractivity contribution is 0.340. The van der Waals surface area contributed by atoms with Crippen molar-refractivity contribution in [1.82, 2.24) is 10.6 Å². The average Bonchev–Trinajstić information content (AvgIpc) is 3.13. The first-order chi connectivity index (χ1) is 9.72. The third-order valence-electron chi connectivity index (χ3n) is 3.41. The highest BCUT2D eigenvalue weighted by molar-refractivity contribution is 5.80. The van der Waals surface area contributed by atoms with Crippen LogP contribution in [0, 0.1) is 5.92 Å². The van der Waals surface area contributed by atoms with Gasteiger partial charge in [-0.1, -0.05) is 19.1 Å². The van der Waals surface area contributed by atoms with E-state index in [2.05, 4.69) is 41.6 Å². The van der Waals surface area contributed by atoms with Crippen molar-refractivity contribution in [2.24, 2.45) is 10.9 Å². The highest BCUT2D eigenvalue weighted by Crippen LogP contribution is 2.28. The second kappa shape index (κ2) is 7.17. The molecule has 2 N–H and O–H groups in total. The van der Waals surface area contributed by atoms with Crippen LogP contribution in [0.25, 0.3) is 0 Å². The van der Waals surface area contributed by atoms with E-state index < -0.39 is 0 Å². The van der Waals surface area contributed by atoms with E-state index in [4.69, 9.17) is 4.74 Å². The Bertz CT molecular complexity index is 459. The van der Waals surface area contributed by atoms with Crippen LogP contribution in [0.2, 0.25) is 0 Å². The lowest BCUT2D eigenvalue weighted by atomic mass is 10.2. The molecule has 20 heavy (non-hydrogen) atoms. The van der Waals surface area contributed by atoms with Gasteiger partial charge in [-0.3, -0.25) is 0 Å². The van der Waals surface area contributed by atoms with Crippen molar-refractivity contribution in [1.29, 1.82) is 0 Å². The van der Waals surface area contributed by atoms with E-state index in [1.54, 1.807) is 0 Å². The SMILES string of the molecule is CCNC(=NCc1cccc(OCC)c1)NC1CC1C. The topological polar surface area (TPSA) is 45.7 Å². The van der Waals surface area contributed by atoms with Crippen LogP contribution in [0.3, 0.4) is 0 Å². The van der Waals surface area contributed by atoms with Gasteiger partial charge in [-0.25, -0.2) is 4.99 Å². The molecule has 2 unspecified atom stereocenters. The zero-order valence-corrected chi connectivity index (χ0v) is 12.6. The Balaban J connectivity index is 1.95. The molecule has 4 nitrogen and oxygen atoms in total. The molecule has 1 saturated carbocycles. The van der Waals surface area contributed by atoms with Gasteiger partial charge in [0.05, 0.1) is 13.2 Å². The maximum Gasteiger partial charge on any atom is 0.191 e. The molecule has 0 saturated heterocycles. The molecular weight excluding hydrogens is 250 g/mol. The van der Waals surface area contributed by atoms with Gasteiger partial charge >= 0.3 is 0 Å². The maximum absolute atomic E-state index is 5.51. The average molecular weight is 275 g/mol. The van der Waals surface area contributed by atoms with Crippen molar-refractivity contribution in [2.45, 2.75) is 39.8 Å². The molecule has 1 aliphatic carbocycles. The fraction of sp³-hybridized carbons (Fsp3) is 0.562. The third-order valence-corrected chi connectivity index (χ3v) is 3.41. The van der Waals surface area contributed by atoms with E-state index in [1.165, 1.54) is 6.42 Å². The number of benzene rings is 1. The highest BCUT2D eigenvalue weighted by Gasteiger charge is 2.33. The van der Waals surface area contributed by atoms with Gasteiger partial charge in [-0.05, 0) is 43.9 Å². The first-order valence-corrected chi connectivity index (χ1v) is 7.49. The molecule has 2 rings (SSSR count). The predicted octanol–water partition coefficient (Wildman–Crippen LogP) is 2.55. The molecule has 2 atom stereocenters. The summed E-state index contributed by atoms with van der Waals surface area (Å²) in [6, 6.07) is 8.71. The number of rotatable bonds is 6. The normalized spacial score (nSPS) is 21.4. The summed E-state index contributed by atoms with van der Waals surface area (Å²) in [6.45, 7) is 8.57. The highest BCUT2D eigenvalue weighted by atomic mass is 16.5. The van der Waals surface area contributed by atoms with Crippen LogP contribution < -0.4 is 15.4 Å². The molecule has 0 amide bonds. The number of nitrogens with one attached hydrogen (secondary N) is 2. The fourth-order valence-corrected chi connectivity index (χ4v) is 2.09. The quantitative estimate of drug-likeness (QED) is 0.619. The van der Waals surface area contributed by atoms with Gasteiger partial charge in [0, 0.05) is 12.6 Å². The number of nitrogens with zero attached hydrogens (tertiary/aromatic N) is 1. The molecule has 1 fully saturated rings. The van der Waals surface area contributed by atoms with Gasteiger partial charge in [0.15, 0.2) is 5.96 Å². The minimum atomic E-state index is 0.586. The van der Waals surface area contributed by atoms with Crippen LogP contribution in [0.1, 0.15) is 32.8 Å². The Morgan fingerprint density at radius 3 is 2.85 bits per heavy atom. The Morgan fingerprint density at radius 1 is 1.40 bits per heavy atom. The standard InChI is InChI=1S/C16H25N3O/c1-4-17-16(19-15-9-12(15)3)18-11-13-7-6-8-14(10-13)20-5-2/h6-8,10,12,15H,4-5,9,11H2,1-3H3,(H2,17,18,19). The summed E-state index contributed by atoms with van der Waals surface area (Å²) in [6.07, 6.45) is 1.24. The van der Waals surface area contributed by atoms with Crippen LogP contribution in [-0.4, -0.2) is 25.2 Å². The van der Waals surface area contributed by atoms with E-state index in [1.807, 2.05) is 19.1 Å². The van der Waals surface area contributed by atoms with Crippen LogP contribution in [0.15, 0.2) is 29.3 Å². The minimum absolute atomic E-state index is 0.586. The van der Waals surface area contributed by atoms with Crippen LogP contribution in [-0.2, 0) is 6.54 Å². The second-order valence-electron chi connectivity index (χ2n) is 5.24. The molecule has 0 radical (unpaired) electrons. The van der Waals surface area contributed by atoms with Gasteiger partial charge in [0.1, 0.15) is 5.75 Å². The predicted molar refractivity (Wildman–Crippen MR) is 83.1 cm³/mol. The lowest BCUT2D eigenvalue weighted by Gasteiger charge is -2.11. The first-order valence-electron chi connectivity index (χ1n) is 7.49. The second-order valence-corrected chi connectivity index (χ2v) is 5.24. The molecule has 0 bridgehead atoms. The molecule has 1 aromatic rings. The molecule has 4 heteroatoms. The molecular formula is C16H25N3O. The van der Waals surface area contributed by atoms with Crippen molar-refractivity contribution in [3.05, 3.63) is 29.8 Å². The summed E-state index contributed by atoms with van der Waals surface area (Å²) >= 11 is 0. The monoisotopic (exact) mass is 275 g/mol. The number of aliphatic imine (C=N–C) groups is 1. The summed E-state index contributed by atoms with van der Waals surface area (Å²) in [5, 5.41) is 6.75. The number of hydrogen-bond donors (Lipinski definition) is 2. The third kappa shape index (κ3) is 4.44. The molecule has 110 valence electrons. The van der Waals surface area contributed by atoms with Crippen molar-refractivity contribution < 1.29 is 4.74 Å². The Morgan fingerprint density at radius 2 is 2.20 bits per heavy atom. The van der Waals surface area contributed by atoms with Crippen LogP contribution >= 0.6 is 0 Å². The summed E-state index contributed by atoms with van der Waals surface area (Å²) in [5.74, 6) is 2.58. The van der Waals surface area contributed by atoms with Gasteiger partial charge in [0.25, 0.3) is 0 Å². The molecule has 0 spiro atoms. The van der Waals surface area contributed by atoms with Gasteiger partial charge in [-0.2, -0.15) is 0 Å². The van der Waals surface area contributed by atoms with E-state index in [9.17, 15) is 0 Å². The lowest BCUT2D eigenvalue weighted by Crippen LogP contribution is -2.39. The van der Waals surface area contributed by atoms with Crippen molar-refractivity contribution in [3.63, 3.8) is 0 Å². The Hall–Kier alpha value is -1.71. The van der Waals surface area contributed by atoms with Crippen molar-refractivity contribution in [2.75, 3.05) is 13.2 Å². The van der Waals surface area contributed by atoms with Gasteiger partial charge in [-0.15, -0.1) is 0 Å². The zero-order chi connectivity index (χ0) is 14.4. The molecule has 0 aromatic heterocycles. The van der Waals surface area contributed by atoms with Gasteiger partial charge < -0.3 is 15.4 Å². The van der Waals surface area contributed by atoms with E-state index in [-0.39, 0.29) is 0 Å². The van der Waals surface area contributed by atoms with Crippen molar-refractivity contribution in [3.8, 4) is 5.75 Å². The summed E-state index contributed by atoms with van der Waals surface area (Å²) < 4.78 is 5.51. The smallest absolute Gasteiger partial charge is 0.191 e. The van der Waals surface area contributed by atoms with Crippen LogP contribution in [0.5, 0.6) is 5.75 Å². The first kappa shape index (κ1) is 14.7. The van der Waals surface area contributed by atoms with E-state index in [0.29, 0.717) is 19.2 Å². The Kier molecular flexibility index (Phi) is 5.27. The number of ether oxygens (including phenoxy) is 1. The van der Waals surface area contributed by atoms with Crippen molar-refractivity contribution >= 4 is 5.96 Å². The molecule has 1 aromatic carbocycles. The van der Waals surface area contributed by atoms with Gasteiger partial charge in [0.2, 0.25) is 0 Å². The van der Waals surface area contributed by atoms with Crippen LogP contribution in [0.4, 0.5) is 0 Å². The molecule has 0 heterocycles. The number of hydrogen-bond acceptors (Lipinski definition) is 2. The largest absolute Gasteiger partial charge is 0.494 e. The summed E-state index contributed by atoms with van der Waals surface area (Å²) in [4.78, 5) is 4.64. The zero-order valence-electron chi connectivity index (χ0n) is 12.6. The molecule has 0 aliphatic heterocycles. The number of guanidine groups is 1. The van der Waals surface area contributed by atoms with E-state index in [0.717, 1.165) is 29.7 Å². The maximum atomic E-state index is 5.51. The molecule has 1 aliphatic rings. The Labute approximate surface area is 121 Å². The summed E-state index contributed by atoms with van der Waals surface area (Å²) in [7, 11) is 0. The minimum Gasteiger partial charge on any atom is -0.494 e. The fourth-order valence-electron chi connectivity index (χ4n) is 2.09. The summed E-state index contributed by atoms with van der Waals surface area (Å²) in [5.41, 5.74) is 1.16.